The Morgan fingerprint density at radius 1 is 1.21 bits per heavy atom. The third-order valence-corrected chi connectivity index (χ3v) is 3.51. The van der Waals surface area contributed by atoms with Gasteiger partial charge in [0.2, 0.25) is 0 Å². The average molecular weight is 270 g/mol. The maximum atomic E-state index is 5.38. The molecule has 0 atom stereocenters. The van der Waals surface area contributed by atoms with Crippen LogP contribution in [0.5, 0.6) is 0 Å². The van der Waals surface area contributed by atoms with Crippen LogP contribution >= 0.6 is 12.2 Å². The van der Waals surface area contributed by atoms with E-state index >= 15 is 0 Å². The van der Waals surface area contributed by atoms with Crippen molar-refractivity contribution in [2.45, 2.75) is 20.4 Å². The standard InChI is InChI=1S/C14H14N4S/c1-9-5-6-15-13-12(9)17-14(19)18(13)8-11-4-3-10(2)16-7-11/h3-7H,8H2,1-2H3,(H,17,19). The van der Waals surface area contributed by atoms with Gasteiger partial charge in [-0.1, -0.05) is 6.07 Å². The molecule has 0 bridgehead atoms. The van der Waals surface area contributed by atoms with Gasteiger partial charge in [0.15, 0.2) is 10.4 Å². The van der Waals surface area contributed by atoms with Crippen molar-refractivity contribution in [3.8, 4) is 0 Å². The van der Waals surface area contributed by atoms with Crippen molar-refractivity contribution < 1.29 is 0 Å². The first-order valence-corrected chi connectivity index (χ1v) is 6.51. The van der Waals surface area contributed by atoms with Crippen molar-refractivity contribution in [1.82, 2.24) is 19.5 Å². The molecule has 0 saturated heterocycles. The zero-order valence-corrected chi connectivity index (χ0v) is 11.7. The fourth-order valence-electron chi connectivity index (χ4n) is 2.09. The minimum Gasteiger partial charge on any atom is -0.329 e. The fourth-order valence-corrected chi connectivity index (χ4v) is 2.35. The molecule has 96 valence electrons. The molecule has 0 aliphatic rings. The molecule has 0 unspecified atom stereocenters. The van der Waals surface area contributed by atoms with Crippen LogP contribution in [0.1, 0.15) is 16.8 Å². The minimum absolute atomic E-state index is 0.683. The number of nitrogens with one attached hydrogen (secondary N) is 1. The summed E-state index contributed by atoms with van der Waals surface area (Å²) in [6.45, 7) is 4.71. The van der Waals surface area contributed by atoms with Crippen LogP contribution in [0.15, 0.2) is 30.6 Å². The fraction of sp³-hybridized carbons (Fsp3) is 0.214. The molecule has 19 heavy (non-hydrogen) atoms. The molecule has 0 spiro atoms. The number of pyridine rings is 2. The van der Waals surface area contributed by atoms with Gasteiger partial charge in [-0.15, -0.1) is 0 Å². The summed E-state index contributed by atoms with van der Waals surface area (Å²) in [6.07, 6.45) is 3.69. The van der Waals surface area contributed by atoms with E-state index in [0.29, 0.717) is 11.3 Å². The van der Waals surface area contributed by atoms with Gasteiger partial charge in [-0.25, -0.2) is 4.98 Å². The van der Waals surface area contributed by atoms with E-state index in [9.17, 15) is 0 Å². The Morgan fingerprint density at radius 2 is 2.05 bits per heavy atom. The monoisotopic (exact) mass is 270 g/mol. The van der Waals surface area contributed by atoms with Gasteiger partial charge >= 0.3 is 0 Å². The quantitative estimate of drug-likeness (QED) is 0.728. The van der Waals surface area contributed by atoms with Gasteiger partial charge in [0.25, 0.3) is 0 Å². The van der Waals surface area contributed by atoms with Crippen LogP contribution in [0.2, 0.25) is 0 Å². The zero-order chi connectivity index (χ0) is 13.4. The number of aromatic nitrogens is 4. The summed E-state index contributed by atoms with van der Waals surface area (Å²) < 4.78 is 2.70. The molecule has 3 heterocycles. The van der Waals surface area contributed by atoms with Crippen molar-refractivity contribution in [1.29, 1.82) is 0 Å². The van der Waals surface area contributed by atoms with Crippen LogP contribution < -0.4 is 0 Å². The second-order valence-corrected chi connectivity index (χ2v) is 5.04. The van der Waals surface area contributed by atoms with E-state index in [1.807, 2.05) is 42.9 Å². The predicted octanol–water partition coefficient (Wildman–Crippen LogP) is 3.15. The Hall–Kier alpha value is -2.01. The molecule has 3 rings (SSSR count). The van der Waals surface area contributed by atoms with Gasteiger partial charge in [-0.2, -0.15) is 0 Å². The molecule has 0 aliphatic carbocycles. The molecule has 0 amide bonds. The highest BCUT2D eigenvalue weighted by atomic mass is 32.1. The molecular weight excluding hydrogens is 256 g/mol. The lowest BCUT2D eigenvalue weighted by atomic mass is 10.2. The largest absolute Gasteiger partial charge is 0.329 e. The van der Waals surface area contributed by atoms with Crippen molar-refractivity contribution in [2.24, 2.45) is 0 Å². The third kappa shape index (κ3) is 2.17. The van der Waals surface area contributed by atoms with Gasteiger partial charge in [-0.05, 0) is 49.3 Å². The van der Waals surface area contributed by atoms with E-state index in [2.05, 4.69) is 21.0 Å². The van der Waals surface area contributed by atoms with E-state index in [1.54, 1.807) is 0 Å². The lowest BCUT2D eigenvalue weighted by molar-refractivity contribution is 0.795. The molecule has 0 saturated carbocycles. The first kappa shape index (κ1) is 12.0. The van der Waals surface area contributed by atoms with Gasteiger partial charge in [-0.3, -0.25) is 9.55 Å². The smallest absolute Gasteiger partial charge is 0.179 e. The number of fused-ring (bicyclic) bond motifs is 1. The summed E-state index contributed by atoms with van der Waals surface area (Å²) in [7, 11) is 0. The number of hydrogen-bond donors (Lipinski definition) is 1. The minimum atomic E-state index is 0.683. The Morgan fingerprint density at radius 3 is 2.79 bits per heavy atom. The topological polar surface area (TPSA) is 46.5 Å². The number of rotatable bonds is 2. The van der Waals surface area contributed by atoms with Gasteiger partial charge in [0.05, 0.1) is 12.1 Å². The Balaban J connectivity index is 2.10. The molecule has 0 aromatic carbocycles. The lowest BCUT2D eigenvalue weighted by Crippen LogP contribution is -2.01. The van der Waals surface area contributed by atoms with Crippen molar-refractivity contribution in [3.63, 3.8) is 0 Å². The summed E-state index contributed by atoms with van der Waals surface area (Å²) in [5.74, 6) is 0. The molecule has 4 nitrogen and oxygen atoms in total. The van der Waals surface area contributed by atoms with Gasteiger partial charge in [0.1, 0.15) is 0 Å². The molecule has 1 N–H and O–H groups in total. The van der Waals surface area contributed by atoms with E-state index in [-0.39, 0.29) is 0 Å². The first-order chi connectivity index (χ1) is 9.15. The normalized spacial score (nSPS) is 11.1. The summed E-state index contributed by atoms with van der Waals surface area (Å²) >= 11 is 5.38. The summed E-state index contributed by atoms with van der Waals surface area (Å²) in [4.78, 5) is 12.0. The third-order valence-electron chi connectivity index (χ3n) is 3.19. The van der Waals surface area contributed by atoms with Crippen LogP contribution in [0.3, 0.4) is 0 Å². The Bertz CT molecular complexity index is 783. The van der Waals surface area contributed by atoms with Crippen LogP contribution in [-0.4, -0.2) is 19.5 Å². The van der Waals surface area contributed by atoms with Crippen LogP contribution in [-0.2, 0) is 6.54 Å². The molecule has 5 heteroatoms. The maximum absolute atomic E-state index is 5.38. The van der Waals surface area contributed by atoms with Crippen LogP contribution in [0.25, 0.3) is 11.2 Å². The lowest BCUT2D eigenvalue weighted by Gasteiger charge is -2.04. The number of aromatic amines is 1. The zero-order valence-electron chi connectivity index (χ0n) is 10.8. The first-order valence-electron chi connectivity index (χ1n) is 6.11. The number of H-pyrrole nitrogens is 1. The number of hydrogen-bond acceptors (Lipinski definition) is 3. The van der Waals surface area contributed by atoms with E-state index in [1.165, 1.54) is 0 Å². The Labute approximate surface area is 116 Å². The van der Waals surface area contributed by atoms with Crippen molar-refractivity contribution in [2.75, 3.05) is 0 Å². The molecular formula is C14H14N4S. The second-order valence-electron chi connectivity index (χ2n) is 4.65. The van der Waals surface area contributed by atoms with Crippen molar-refractivity contribution >= 4 is 23.4 Å². The molecule has 3 aromatic heterocycles. The number of imidazole rings is 1. The molecule has 0 fully saturated rings. The van der Waals surface area contributed by atoms with E-state index in [4.69, 9.17) is 12.2 Å². The number of nitrogens with zero attached hydrogens (tertiary/aromatic N) is 3. The summed E-state index contributed by atoms with van der Waals surface area (Å²) in [5, 5.41) is 0. The Kier molecular flexibility index (Phi) is 2.91. The van der Waals surface area contributed by atoms with Gasteiger partial charge < -0.3 is 4.98 Å². The van der Waals surface area contributed by atoms with Crippen LogP contribution in [0.4, 0.5) is 0 Å². The molecule has 3 aromatic rings. The highest BCUT2D eigenvalue weighted by molar-refractivity contribution is 7.71. The highest BCUT2D eigenvalue weighted by Gasteiger charge is 2.08. The van der Waals surface area contributed by atoms with Gasteiger partial charge in [0, 0.05) is 18.1 Å². The van der Waals surface area contributed by atoms with E-state index in [0.717, 1.165) is 28.0 Å². The SMILES string of the molecule is Cc1ccc(Cn2c(=S)[nH]c3c(C)ccnc32)cn1. The van der Waals surface area contributed by atoms with Crippen molar-refractivity contribution in [3.05, 3.63) is 52.2 Å². The summed E-state index contributed by atoms with van der Waals surface area (Å²) in [5.41, 5.74) is 5.18. The number of aryl methyl sites for hydroxylation is 2. The predicted molar refractivity (Wildman–Crippen MR) is 77.7 cm³/mol. The maximum Gasteiger partial charge on any atom is 0.179 e. The molecule has 0 radical (unpaired) electrons. The highest BCUT2D eigenvalue weighted by Crippen LogP contribution is 2.16. The van der Waals surface area contributed by atoms with Crippen LogP contribution in [0, 0.1) is 18.6 Å². The summed E-state index contributed by atoms with van der Waals surface area (Å²) in [6, 6.07) is 6.05. The average Bonchev–Trinajstić information content (AvgIpc) is 2.71. The second kappa shape index (κ2) is 4.59. The molecule has 0 aliphatic heterocycles. The van der Waals surface area contributed by atoms with E-state index < -0.39 is 0 Å².